The van der Waals surface area contributed by atoms with Crippen LogP contribution in [0, 0.1) is 5.92 Å². The van der Waals surface area contributed by atoms with E-state index in [0.29, 0.717) is 24.5 Å². The summed E-state index contributed by atoms with van der Waals surface area (Å²) in [6.45, 7) is 10.3. The molecule has 0 aromatic rings. The normalized spacial score (nSPS) is 31.0. The maximum Gasteiger partial charge on any atom is 0.401 e. The molecular weight excluding hydrogens is 241 g/mol. The standard InChI is InChI=1S/C13H25F3N2/c1-9-6-11(7-17-8-13(14,15)16)10(2)18(9)12(3,4)5/h9-11,17H,6-8H2,1-5H3/t9-,10-,11-/m1/s1. The first kappa shape index (κ1) is 15.8. The Balaban J connectivity index is 2.51. The summed E-state index contributed by atoms with van der Waals surface area (Å²) in [6.07, 6.45) is -3.15. The molecule has 1 heterocycles. The fourth-order valence-corrected chi connectivity index (χ4v) is 3.30. The Kier molecular flexibility index (Phi) is 4.70. The second-order valence-electron chi connectivity index (χ2n) is 6.41. The first-order chi connectivity index (χ1) is 8.02. The third kappa shape index (κ3) is 4.12. The lowest BCUT2D eigenvalue weighted by Gasteiger charge is -2.39. The van der Waals surface area contributed by atoms with Crippen LogP contribution in [0.25, 0.3) is 0 Å². The zero-order chi connectivity index (χ0) is 14.1. The molecule has 3 atom stereocenters. The van der Waals surface area contributed by atoms with Crippen molar-refractivity contribution in [2.24, 2.45) is 5.92 Å². The Morgan fingerprint density at radius 2 is 1.72 bits per heavy atom. The second-order valence-corrected chi connectivity index (χ2v) is 6.41. The summed E-state index contributed by atoms with van der Waals surface area (Å²) in [4.78, 5) is 2.41. The number of hydrogen-bond donors (Lipinski definition) is 1. The smallest absolute Gasteiger partial charge is 0.308 e. The maximum absolute atomic E-state index is 12.1. The fourth-order valence-electron chi connectivity index (χ4n) is 3.30. The van der Waals surface area contributed by atoms with E-state index in [4.69, 9.17) is 0 Å². The Morgan fingerprint density at radius 1 is 1.17 bits per heavy atom. The van der Waals surface area contributed by atoms with Crippen LogP contribution in [0.1, 0.15) is 41.0 Å². The number of rotatable bonds is 3. The third-order valence-corrected chi connectivity index (χ3v) is 3.75. The number of nitrogens with zero attached hydrogens (tertiary/aromatic N) is 1. The first-order valence-corrected chi connectivity index (χ1v) is 6.58. The van der Waals surface area contributed by atoms with Crippen LogP contribution in [0.2, 0.25) is 0 Å². The van der Waals surface area contributed by atoms with Crippen molar-refractivity contribution in [1.82, 2.24) is 10.2 Å². The average Bonchev–Trinajstić information content (AvgIpc) is 2.38. The monoisotopic (exact) mass is 266 g/mol. The predicted octanol–water partition coefficient (Wildman–Crippen LogP) is 3.04. The van der Waals surface area contributed by atoms with E-state index in [0.717, 1.165) is 6.42 Å². The van der Waals surface area contributed by atoms with Gasteiger partial charge in [-0.3, -0.25) is 4.90 Å². The topological polar surface area (TPSA) is 15.3 Å². The highest BCUT2D eigenvalue weighted by Gasteiger charge is 2.41. The van der Waals surface area contributed by atoms with Gasteiger partial charge in [-0.2, -0.15) is 13.2 Å². The van der Waals surface area contributed by atoms with E-state index < -0.39 is 12.7 Å². The van der Waals surface area contributed by atoms with E-state index in [1.165, 1.54) is 0 Å². The summed E-state index contributed by atoms with van der Waals surface area (Å²) in [5, 5.41) is 2.54. The molecule has 5 heteroatoms. The highest BCUT2D eigenvalue weighted by Crippen LogP contribution is 2.35. The molecule has 0 aromatic carbocycles. The van der Waals surface area contributed by atoms with E-state index in [-0.39, 0.29) is 5.54 Å². The van der Waals surface area contributed by atoms with Gasteiger partial charge in [0.1, 0.15) is 0 Å². The summed E-state index contributed by atoms with van der Waals surface area (Å²) in [5.41, 5.74) is 0.0671. The highest BCUT2D eigenvalue weighted by molar-refractivity contribution is 4.96. The van der Waals surface area contributed by atoms with E-state index in [2.05, 4.69) is 44.8 Å². The van der Waals surface area contributed by atoms with E-state index in [1.54, 1.807) is 0 Å². The summed E-state index contributed by atoms with van der Waals surface area (Å²) < 4.78 is 36.3. The molecule has 1 aliphatic rings. The average molecular weight is 266 g/mol. The van der Waals surface area contributed by atoms with Crippen molar-refractivity contribution in [1.29, 1.82) is 0 Å². The van der Waals surface area contributed by atoms with Crippen LogP contribution in [-0.2, 0) is 0 Å². The quantitative estimate of drug-likeness (QED) is 0.844. The molecule has 0 bridgehead atoms. The van der Waals surface area contributed by atoms with Gasteiger partial charge in [0.25, 0.3) is 0 Å². The molecule has 0 saturated carbocycles. The van der Waals surface area contributed by atoms with Gasteiger partial charge in [0.15, 0.2) is 0 Å². The molecule has 1 aliphatic heterocycles. The van der Waals surface area contributed by atoms with E-state index in [9.17, 15) is 13.2 Å². The zero-order valence-electron chi connectivity index (χ0n) is 11.9. The van der Waals surface area contributed by atoms with Gasteiger partial charge < -0.3 is 5.32 Å². The van der Waals surface area contributed by atoms with Gasteiger partial charge in [-0.1, -0.05) is 0 Å². The number of hydrogen-bond acceptors (Lipinski definition) is 2. The van der Waals surface area contributed by atoms with Crippen LogP contribution < -0.4 is 5.32 Å². The molecular formula is C13H25F3N2. The molecule has 0 amide bonds. The fraction of sp³-hybridized carbons (Fsp3) is 1.00. The molecule has 1 N–H and O–H groups in total. The summed E-state index contributed by atoms with van der Waals surface area (Å²) in [6, 6.07) is 0.749. The minimum Gasteiger partial charge on any atom is -0.308 e. The molecule has 0 aliphatic carbocycles. The Morgan fingerprint density at radius 3 is 2.11 bits per heavy atom. The Bertz CT molecular complexity index is 270. The lowest BCUT2D eigenvalue weighted by molar-refractivity contribution is -0.125. The molecule has 1 rings (SSSR count). The summed E-state index contributed by atoms with van der Waals surface area (Å²) in [5.74, 6) is 0.293. The second kappa shape index (κ2) is 5.37. The van der Waals surface area contributed by atoms with Gasteiger partial charge in [-0.05, 0) is 53.5 Å². The van der Waals surface area contributed by atoms with Crippen LogP contribution in [0.4, 0.5) is 13.2 Å². The van der Waals surface area contributed by atoms with Crippen LogP contribution in [0.5, 0.6) is 0 Å². The van der Waals surface area contributed by atoms with Crippen LogP contribution in [0.3, 0.4) is 0 Å². The lowest BCUT2D eigenvalue weighted by Crippen LogP contribution is -2.48. The van der Waals surface area contributed by atoms with Gasteiger partial charge >= 0.3 is 6.18 Å². The van der Waals surface area contributed by atoms with Crippen LogP contribution in [0.15, 0.2) is 0 Å². The number of nitrogens with one attached hydrogen (secondary N) is 1. The Hall–Kier alpha value is -0.290. The largest absolute Gasteiger partial charge is 0.401 e. The highest BCUT2D eigenvalue weighted by atomic mass is 19.4. The minimum atomic E-state index is -4.11. The van der Waals surface area contributed by atoms with Crippen molar-refractivity contribution < 1.29 is 13.2 Å². The van der Waals surface area contributed by atoms with Crippen LogP contribution >= 0.6 is 0 Å². The zero-order valence-corrected chi connectivity index (χ0v) is 11.9. The number of alkyl halides is 3. The van der Waals surface area contributed by atoms with Crippen molar-refractivity contribution >= 4 is 0 Å². The maximum atomic E-state index is 12.1. The lowest BCUT2D eigenvalue weighted by atomic mass is 9.99. The van der Waals surface area contributed by atoms with E-state index in [1.807, 2.05) is 0 Å². The van der Waals surface area contributed by atoms with Gasteiger partial charge in [-0.25, -0.2) is 0 Å². The molecule has 0 radical (unpaired) electrons. The van der Waals surface area contributed by atoms with Crippen molar-refractivity contribution in [3.05, 3.63) is 0 Å². The predicted molar refractivity (Wildman–Crippen MR) is 67.5 cm³/mol. The van der Waals surface area contributed by atoms with Gasteiger partial charge in [0.05, 0.1) is 6.54 Å². The van der Waals surface area contributed by atoms with Gasteiger partial charge in [0.2, 0.25) is 0 Å². The van der Waals surface area contributed by atoms with Gasteiger partial charge in [-0.15, -0.1) is 0 Å². The third-order valence-electron chi connectivity index (χ3n) is 3.75. The number of halogens is 3. The van der Waals surface area contributed by atoms with E-state index >= 15 is 0 Å². The molecule has 0 aromatic heterocycles. The van der Waals surface area contributed by atoms with Crippen molar-refractivity contribution in [2.75, 3.05) is 13.1 Å². The molecule has 1 fully saturated rings. The number of likely N-dealkylation sites (tertiary alicyclic amines) is 1. The molecule has 0 spiro atoms. The molecule has 1 saturated heterocycles. The molecule has 18 heavy (non-hydrogen) atoms. The minimum absolute atomic E-state index is 0.0671. The molecule has 0 unspecified atom stereocenters. The summed E-state index contributed by atoms with van der Waals surface area (Å²) >= 11 is 0. The SMILES string of the molecule is C[C@@H]1C[C@H](CNCC(F)(F)F)[C@@H](C)N1C(C)(C)C. The van der Waals surface area contributed by atoms with Gasteiger partial charge in [0, 0.05) is 17.6 Å². The van der Waals surface area contributed by atoms with Crippen molar-refractivity contribution in [3.8, 4) is 0 Å². The summed E-state index contributed by atoms with van der Waals surface area (Å²) in [7, 11) is 0. The molecule has 108 valence electrons. The van der Waals surface area contributed by atoms with Crippen LogP contribution in [-0.4, -0.2) is 41.8 Å². The molecule has 2 nitrogen and oxygen atoms in total. The van der Waals surface area contributed by atoms with Crippen molar-refractivity contribution in [2.45, 2.75) is 64.8 Å². The van der Waals surface area contributed by atoms with Crippen molar-refractivity contribution in [3.63, 3.8) is 0 Å². The first-order valence-electron chi connectivity index (χ1n) is 6.58. The Labute approximate surface area is 108 Å².